The van der Waals surface area contributed by atoms with E-state index in [1.165, 1.54) is 60.8 Å². The Morgan fingerprint density at radius 2 is 1.21 bits per heavy atom. The van der Waals surface area contributed by atoms with Crippen molar-refractivity contribution in [3.8, 4) is 22.6 Å². The lowest BCUT2D eigenvalue weighted by Crippen LogP contribution is -2.59. The SMILES string of the molecule is CC1(C)c2cc3c(cc2-c2ccc4cc(N(c5ccccc5)c5ccccc5)ccc4c21)Oc1cccc2c1B3c1ccccc1N2c1ccccc1. The molecule has 0 N–H and O–H groups in total. The summed E-state index contributed by atoms with van der Waals surface area (Å²) in [6, 6.07) is 63.7. The minimum absolute atomic E-state index is 0.0622. The normalized spacial score (nSPS) is 14.1. The number of anilines is 6. The van der Waals surface area contributed by atoms with Crippen molar-refractivity contribution in [2.45, 2.75) is 19.3 Å². The lowest BCUT2D eigenvalue weighted by Gasteiger charge is -2.40. The molecule has 0 atom stereocenters. The van der Waals surface area contributed by atoms with Gasteiger partial charge in [0.05, 0.1) is 0 Å². The zero-order chi connectivity index (χ0) is 35.3. The van der Waals surface area contributed by atoms with Crippen LogP contribution in [0, 0.1) is 0 Å². The molecule has 0 saturated carbocycles. The molecule has 0 saturated heterocycles. The lowest BCUT2D eigenvalue weighted by atomic mass is 9.34. The molecular formula is C49H35BN2O. The first-order valence-electron chi connectivity index (χ1n) is 18.5. The lowest BCUT2D eigenvalue weighted by molar-refractivity contribution is 0.487. The van der Waals surface area contributed by atoms with E-state index in [0.29, 0.717) is 0 Å². The van der Waals surface area contributed by atoms with Gasteiger partial charge in [0.2, 0.25) is 0 Å². The monoisotopic (exact) mass is 678 g/mol. The Bertz CT molecular complexity index is 2700. The molecule has 0 unspecified atom stereocenters. The Labute approximate surface area is 310 Å². The summed E-state index contributed by atoms with van der Waals surface area (Å²) in [4.78, 5) is 4.73. The molecule has 0 spiro atoms. The number of ether oxygens (including phenoxy) is 1. The first-order chi connectivity index (χ1) is 26.1. The van der Waals surface area contributed by atoms with Crippen LogP contribution >= 0.6 is 0 Å². The van der Waals surface area contributed by atoms with Gasteiger partial charge in [-0.2, -0.15) is 0 Å². The van der Waals surface area contributed by atoms with E-state index in [4.69, 9.17) is 4.74 Å². The van der Waals surface area contributed by atoms with Crippen LogP contribution in [-0.4, -0.2) is 6.71 Å². The maximum absolute atomic E-state index is 6.91. The minimum Gasteiger partial charge on any atom is -0.458 e. The summed E-state index contributed by atoms with van der Waals surface area (Å²) in [5.74, 6) is 1.88. The Kier molecular flexibility index (Phi) is 6.39. The third kappa shape index (κ3) is 4.36. The molecule has 0 radical (unpaired) electrons. The molecule has 0 amide bonds. The summed E-state index contributed by atoms with van der Waals surface area (Å²) in [7, 11) is 0. The van der Waals surface area contributed by atoms with Gasteiger partial charge in [0.15, 0.2) is 0 Å². The Balaban J connectivity index is 1.06. The maximum atomic E-state index is 6.91. The summed E-state index contributed by atoms with van der Waals surface area (Å²) in [6.07, 6.45) is 0. The zero-order valence-corrected chi connectivity index (χ0v) is 29.6. The van der Waals surface area contributed by atoms with Crippen LogP contribution in [0.15, 0.2) is 176 Å². The van der Waals surface area contributed by atoms with Crippen molar-refractivity contribution in [2.24, 2.45) is 0 Å². The van der Waals surface area contributed by atoms with E-state index in [1.54, 1.807) is 0 Å². The second kappa shape index (κ2) is 11.2. The summed E-state index contributed by atoms with van der Waals surface area (Å²) in [6.45, 7) is 4.85. The van der Waals surface area contributed by atoms with Crippen LogP contribution in [0.2, 0.25) is 0 Å². The predicted octanol–water partition coefficient (Wildman–Crippen LogP) is 11.0. The highest BCUT2D eigenvalue weighted by Gasteiger charge is 2.44. The molecule has 0 aromatic heterocycles. The van der Waals surface area contributed by atoms with Gasteiger partial charge in [-0.05, 0) is 122 Å². The molecule has 3 nitrogen and oxygen atoms in total. The number of hydrogen-bond acceptors (Lipinski definition) is 3. The molecule has 0 fully saturated rings. The van der Waals surface area contributed by atoms with Crippen molar-refractivity contribution in [2.75, 3.05) is 9.80 Å². The second-order valence-electron chi connectivity index (χ2n) is 14.9. The van der Waals surface area contributed by atoms with Gasteiger partial charge in [-0.25, -0.2) is 0 Å². The molecule has 8 aromatic carbocycles. The number of rotatable bonds is 4. The fourth-order valence-electron chi connectivity index (χ4n) is 9.36. The number of hydrogen-bond donors (Lipinski definition) is 0. The van der Waals surface area contributed by atoms with Crippen molar-refractivity contribution in [3.05, 3.63) is 187 Å². The standard InChI is InChI=1S/C49H35BN2O/c1-49(2)40-31-42-46(53-45-24-14-23-44-48(45)50(42)41-21-12-13-22-43(41)52(44)35-19-10-5-11-20-35)30-39(40)38-27-25-32-29-36(26-28-37(32)47(38)49)51(33-15-6-3-7-16-33)34-17-8-4-9-18-34/h3-31H,1-2H3. The highest BCUT2D eigenvalue weighted by Crippen LogP contribution is 2.53. The molecule has 53 heavy (non-hydrogen) atoms. The highest BCUT2D eigenvalue weighted by atomic mass is 16.5. The molecule has 2 heterocycles. The number of fused-ring (bicyclic) bond motifs is 9. The Morgan fingerprint density at radius 1 is 0.528 bits per heavy atom. The Morgan fingerprint density at radius 3 is 1.96 bits per heavy atom. The van der Waals surface area contributed by atoms with Gasteiger partial charge in [-0.1, -0.05) is 117 Å². The minimum atomic E-state index is -0.219. The van der Waals surface area contributed by atoms with E-state index in [9.17, 15) is 0 Å². The summed E-state index contributed by atoms with van der Waals surface area (Å²) >= 11 is 0. The third-order valence-corrected chi connectivity index (χ3v) is 11.6. The largest absolute Gasteiger partial charge is 0.458 e. The van der Waals surface area contributed by atoms with Crippen molar-refractivity contribution >= 4 is 68.0 Å². The zero-order valence-electron chi connectivity index (χ0n) is 29.6. The molecule has 2 aliphatic heterocycles. The van der Waals surface area contributed by atoms with Crippen molar-refractivity contribution in [3.63, 3.8) is 0 Å². The van der Waals surface area contributed by atoms with Gasteiger partial charge in [0, 0.05) is 39.5 Å². The highest BCUT2D eigenvalue weighted by molar-refractivity contribution is 6.99. The van der Waals surface area contributed by atoms with E-state index in [0.717, 1.165) is 34.2 Å². The maximum Gasteiger partial charge on any atom is 0.256 e. The van der Waals surface area contributed by atoms with Crippen LogP contribution in [0.5, 0.6) is 11.5 Å². The van der Waals surface area contributed by atoms with Crippen LogP contribution < -0.4 is 30.9 Å². The van der Waals surface area contributed by atoms with Crippen LogP contribution in [0.4, 0.5) is 34.1 Å². The van der Waals surface area contributed by atoms with Gasteiger partial charge >= 0.3 is 0 Å². The Hall–Kier alpha value is -6.52. The topological polar surface area (TPSA) is 15.7 Å². The summed E-state index contributed by atoms with van der Waals surface area (Å²) in [5.41, 5.74) is 15.8. The van der Waals surface area contributed by atoms with Crippen molar-refractivity contribution < 1.29 is 4.74 Å². The quantitative estimate of drug-likeness (QED) is 0.172. The molecule has 11 rings (SSSR count). The fourth-order valence-corrected chi connectivity index (χ4v) is 9.36. The van der Waals surface area contributed by atoms with E-state index in [2.05, 4.69) is 200 Å². The van der Waals surface area contributed by atoms with E-state index in [1.807, 2.05) is 0 Å². The number of benzene rings is 8. The predicted molar refractivity (Wildman–Crippen MR) is 222 cm³/mol. The van der Waals surface area contributed by atoms with Crippen molar-refractivity contribution in [1.82, 2.24) is 0 Å². The fraction of sp³-hybridized carbons (Fsp3) is 0.0612. The molecule has 4 heteroatoms. The number of nitrogens with zero attached hydrogens (tertiary/aromatic N) is 2. The smallest absolute Gasteiger partial charge is 0.256 e. The molecule has 8 aromatic rings. The average molecular weight is 679 g/mol. The van der Waals surface area contributed by atoms with E-state index >= 15 is 0 Å². The third-order valence-electron chi connectivity index (χ3n) is 11.6. The van der Waals surface area contributed by atoms with Crippen LogP contribution in [0.1, 0.15) is 25.0 Å². The first-order valence-corrected chi connectivity index (χ1v) is 18.5. The van der Waals surface area contributed by atoms with Gasteiger partial charge < -0.3 is 14.5 Å². The second-order valence-corrected chi connectivity index (χ2v) is 14.9. The van der Waals surface area contributed by atoms with Crippen molar-refractivity contribution in [1.29, 1.82) is 0 Å². The van der Waals surface area contributed by atoms with Gasteiger partial charge in [0.1, 0.15) is 11.5 Å². The molecular weight excluding hydrogens is 643 g/mol. The average Bonchev–Trinajstić information content (AvgIpc) is 3.43. The molecule has 3 aliphatic rings. The van der Waals surface area contributed by atoms with E-state index in [-0.39, 0.29) is 12.1 Å². The number of para-hydroxylation sites is 4. The van der Waals surface area contributed by atoms with Gasteiger partial charge in [-0.15, -0.1) is 0 Å². The first kappa shape index (κ1) is 30.1. The summed E-state index contributed by atoms with van der Waals surface area (Å²) < 4.78 is 6.91. The van der Waals surface area contributed by atoms with E-state index < -0.39 is 0 Å². The molecule has 0 bridgehead atoms. The molecule has 1 aliphatic carbocycles. The van der Waals surface area contributed by atoms with Gasteiger partial charge in [0.25, 0.3) is 6.71 Å². The van der Waals surface area contributed by atoms with Gasteiger partial charge in [-0.3, -0.25) is 0 Å². The molecule has 250 valence electrons. The summed E-state index contributed by atoms with van der Waals surface area (Å²) in [5, 5.41) is 2.53. The van der Waals surface area contributed by atoms with Crippen LogP contribution in [0.25, 0.3) is 21.9 Å². The van der Waals surface area contributed by atoms with Crippen LogP contribution in [-0.2, 0) is 5.41 Å². The van der Waals surface area contributed by atoms with Crippen LogP contribution in [0.3, 0.4) is 0 Å².